The maximum atomic E-state index is 5.53. The lowest BCUT2D eigenvalue weighted by Crippen LogP contribution is -2.36. The highest BCUT2D eigenvalue weighted by atomic mass is 16.5. The number of ether oxygens (including phenoxy) is 2. The molecule has 1 aliphatic rings. The fourth-order valence-electron chi connectivity index (χ4n) is 1.54. The Morgan fingerprint density at radius 3 is 3.00 bits per heavy atom. The van der Waals surface area contributed by atoms with Crippen molar-refractivity contribution >= 4 is 0 Å². The lowest BCUT2D eigenvalue weighted by molar-refractivity contribution is -0.0242. The van der Waals surface area contributed by atoms with Gasteiger partial charge in [-0.15, -0.1) is 0 Å². The maximum Gasteiger partial charge on any atom is 0.0743 e. The molecular formula is C8H17NO2. The van der Waals surface area contributed by atoms with E-state index in [4.69, 9.17) is 15.2 Å². The summed E-state index contributed by atoms with van der Waals surface area (Å²) in [5.74, 6) is 0.513. The Kier molecular flexibility index (Phi) is 3.83. The van der Waals surface area contributed by atoms with Gasteiger partial charge in [-0.2, -0.15) is 0 Å². The van der Waals surface area contributed by atoms with E-state index in [-0.39, 0.29) is 6.10 Å². The maximum absolute atomic E-state index is 5.53. The summed E-state index contributed by atoms with van der Waals surface area (Å²) in [6, 6.07) is 0. The van der Waals surface area contributed by atoms with E-state index >= 15 is 0 Å². The van der Waals surface area contributed by atoms with Crippen molar-refractivity contribution < 1.29 is 9.47 Å². The van der Waals surface area contributed by atoms with Crippen LogP contribution in [-0.4, -0.2) is 33.0 Å². The summed E-state index contributed by atoms with van der Waals surface area (Å²) in [5, 5.41) is 0. The predicted molar refractivity (Wildman–Crippen MR) is 43.4 cm³/mol. The quantitative estimate of drug-likeness (QED) is 0.647. The van der Waals surface area contributed by atoms with E-state index in [1.807, 2.05) is 0 Å². The first-order valence-electron chi connectivity index (χ1n) is 4.19. The van der Waals surface area contributed by atoms with E-state index in [2.05, 4.69) is 0 Å². The number of hydrogen-bond donors (Lipinski definition) is 1. The average Bonchev–Trinajstić information content (AvgIpc) is 2.09. The molecule has 66 valence electrons. The highest BCUT2D eigenvalue weighted by molar-refractivity contribution is 4.73. The third-order valence-corrected chi connectivity index (χ3v) is 2.26. The Balaban J connectivity index is 2.30. The van der Waals surface area contributed by atoms with Crippen LogP contribution < -0.4 is 5.73 Å². The summed E-state index contributed by atoms with van der Waals surface area (Å²) in [4.78, 5) is 0. The molecule has 1 fully saturated rings. The Hall–Kier alpha value is -0.120. The van der Waals surface area contributed by atoms with E-state index in [1.54, 1.807) is 7.11 Å². The highest BCUT2D eigenvalue weighted by Gasteiger charge is 2.22. The lowest BCUT2D eigenvalue weighted by atomic mass is 9.96. The number of rotatable bonds is 3. The highest BCUT2D eigenvalue weighted by Crippen LogP contribution is 2.18. The van der Waals surface area contributed by atoms with Crippen LogP contribution in [0.2, 0.25) is 0 Å². The molecule has 0 aliphatic carbocycles. The van der Waals surface area contributed by atoms with Crippen molar-refractivity contribution in [2.24, 2.45) is 11.7 Å². The number of methoxy groups -OCH3 is 1. The van der Waals surface area contributed by atoms with Gasteiger partial charge in [0, 0.05) is 26.2 Å². The minimum absolute atomic E-state index is 0.190. The molecule has 2 atom stereocenters. The van der Waals surface area contributed by atoms with Crippen molar-refractivity contribution in [3.63, 3.8) is 0 Å². The van der Waals surface area contributed by atoms with Crippen LogP contribution in [0.1, 0.15) is 12.8 Å². The summed E-state index contributed by atoms with van der Waals surface area (Å²) in [6.07, 6.45) is 2.52. The second-order valence-corrected chi connectivity index (χ2v) is 2.99. The normalized spacial score (nSPS) is 28.4. The summed E-state index contributed by atoms with van der Waals surface area (Å²) < 4.78 is 10.6. The molecule has 0 spiro atoms. The van der Waals surface area contributed by atoms with Gasteiger partial charge in [0.25, 0.3) is 0 Å². The minimum Gasteiger partial charge on any atom is -0.381 e. The third kappa shape index (κ3) is 2.43. The van der Waals surface area contributed by atoms with Gasteiger partial charge in [0.2, 0.25) is 0 Å². The van der Waals surface area contributed by atoms with E-state index in [1.165, 1.54) is 6.42 Å². The van der Waals surface area contributed by atoms with Crippen molar-refractivity contribution in [2.75, 3.05) is 26.9 Å². The molecule has 1 aliphatic heterocycles. The van der Waals surface area contributed by atoms with Gasteiger partial charge in [0.05, 0.1) is 12.7 Å². The molecule has 0 bridgehead atoms. The van der Waals surface area contributed by atoms with Crippen LogP contribution in [0.3, 0.4) is 0 Å². The molecule has 0 saturated carbocycles. The van der Waals surface area contributed by atoms with Gasteiger partial charge in [-0.3, -0.25) is 0 Å². The molecule has 0 aromatic carbocycles. The van der Waals surface area contributed by atoms with E-state index < -0.39 is 0 Å². The van der Waals surface area contributed by atoms with E-state index in [0.717, 1.165) is 19.6 Å². The molecule has 0 radical (unpaired) electrons. The molecular weight excluding hydrogens is 142 g/mol. The first-order chi connectivity index (χ1) is 5.38. The summed E-state index contributed by atoms with van der Waals surface area (Å²) in [7, 11) is 1.71. The molecule has 1 saturated heterocycles. The van der Waals surface area contributed by atoms with Crippen LogP contribution in [-0.2, 0) is 9.47 Å². The van der Waals surface area contributed by atoms with Gasteiger partial charge in [0.1, 0.15) is 0 Å². The molecule has 11 heavy (non-hydrogen) atoms. The zero-order valence-electron chi connectivity index (χ0n) is 7.08. The average molecular weight is 159 g/mol. The van der Waals surface area contributed by atoms with Crippen LogP contribution >= 0.6 is 0 Å². The van der Waals surface area contributed by atoms with Gasteiger partial charge < -0.3 is 15.2 Å². The Morgan fingerprint density at radius 2 is 2.55 bits per heavy atom. The monoisotopic (exact) mass is 159 g/mol. The summed E-state index contributed by atoms with van der Waals surface area (Å²) >= 11 is 0. The summed E-state index contributed by atoms with van der Waals surface area (Å²) in [5.41, 5.74) is 5.53. The SMILES string of the molecule is COC(CN)C1CCCOC1. The Labute approximate surface area is 67.9 Å². The Morgan fingerprint density at radius 1 is 1.73 bits per heavy atom. The third-order valence-electron chi connectivity index (χ3n) is 2.26. The van der Waals surface area contributed by atoms with Crippen LogP contribution in [0.25, 0.3) is 0 Å². The van der Waals surface area contributed by atoms with Gasteiger partial charge in [-0.05, 0) is 12.8 Å². The second kappa shape index (κ2) is 4.70. The largest absolute Gasteiger partial charge is 0.381 e. The molecule has 1 heterocycles. The lowest BCUT2D eigenvalue weighted by Gasteiger charge is -2.28. The first kappa shape index (κ1) is 8.97. The molecule has 3 nitrogen and oxygen atoms in total. The van der Waals surface area contributed by atoms with Crippen LogP contribution in [0.15, 0.2) is 0 Å². The summed E-state index contributed by atoms with van der Waals surface area (Å²) in [6.45, 7) is 2.32. The predicted octanol–water partition coefficient (Wildman–Crippen LogP) is 0.387. The first-order valence-corrected chi connectivity index (χ1v) is 4.19. The van der Waals surface area contributed by atoms with E-state index in [0.29, 0.717) is 12.5 Å². The molecule has 1 rings (SSSR count). The smallest absolute Gasteiger partial charge is 0.0743 e. The van der Waals surface area contributed by atoms with Crippen molar-refractivity contribution in [3.05, 3.63) is 0 Å². The number of hydrogen-bond acceptors (Lipinski definition) is 3. The van der Waals surface area contributed by atoms with Crippen LogP contribution in [0.4, 0.5) is 0 Å². The van der Waals surface area contributed by atoms with E-state index in [9.17, 15) is 0 Å². The standard InChI is InChI=1S/C8H17NO2/c1-10-8(5-9)7-3-2-4-11-6-7/h7-8H,2-6,9H2,1H3. The molecule has 2 unspecified atom stereocenters. The zero-order valence-corrected chi connectivity index (χ0v) is 7.08. The van der Waals surface area contributed by atoms with Crippen molar-refractivity contribution in [1.82, 2.24) is 0 Å². The van der Waals surface area contributed by atoms with Crippen LogP contribution in [0, 0.1) is 5.92 Å². The zero-order chi connectivity index (χ0) is 8.10. The molecule has 0 aromatic rings. The Bertz CT molecular complexity index is 98.3. The van der Waals surface area contributed by atoms with Gasteiger partial charge in [-0.25, -0.2) is 0 Å². The van der Waals surface area contributed by atoms with Crippen LogP contribution in [0.5, 0.6) is 0 Å². The van der Waals surface area contributed by atoms with Crippen molar-refractivity contribution in [3.8, 4) is 0 Å². The fourth-order valence-corrected chi connectivity index (χ4v) is 1.54. The van der Waals surface area contributed by atoms with Gasteiger partial charge in [-0.1, -0.05) is 0 Å². The number of nitrogens with two attached hydrogens (primary N) is 1. The second-order valence-electron chi connectivity index (χ2n) is 2.99. The molecule has 0 aromatic heterocycles. The van der Waals surface area contributed by atoms with Crippen molar-refractivity contribution in [1.29, 1.82) is 0 Å². The molecule has 0 amide bonds. The topological polar surface area (TPSA) is 44.5 Å². The minimum atomic E-state index is 0.190. The molecule has 3 heteroatoms. The van der Waals surface area contributed by atoms with Gasteiger partial charge >= 0.3 is 0 Å². The van der Waals surface area contributed by atoms with Crippen molar-refractivity contribution in [2.45, 2.75) is 18.9 Å². The molecule has 2 N–H and O–H groups in total. The fraction of sp³-hybridized carbons (Fsp3) is 1.00. The van der Waals surface area contributed by atoms with Gasteiger partial charge in [0.15, 0.2) is 0 Å².